The molecule has 1 aromatic carbocycles. The normalized spacial score (nSPS) is 13.3. The molecular weight excluding hydrogens is 266 g/mol. The molecule has 2 N–H and O–H groups in total. The van der Waals surface area contributed by atoms with E-state index in [1.807, 2.05) is 32.9 Å². The minimum Gasteiger partial charge on any atom is -0.481 e. The van der Waals surface area contributed by atoms with E-state index in [0.29, 0.717) is 11.4 Å². The maximum Gasteiger partial charge on any atom is 0.305 e. The zero-order chi connectivity index (χ0) is 14.5. The number of nitrogens with one attached hydrogen (secondary N) is 1. The fraction of sp³-hybridized carbons (Fsp3) is 0.500. The molecule has 4 nitrogen and oxygen atoms in total. The van der Waals surface area contributed by atoms with E-state index in [2.05, 4.69) is 5.48 Å². The van der Waals surface area contributed by atoms with Crippen molar-refractivity contribution in [1.82, 2.24) is 5.48 Å². The lowest BCUT2D eigenvalue weighted by atomic mass is 10.0. The average Bonchev–Trinajstić information content (AvgIpc) is 2.27. The summed E-state index contributed by atoms with van der Waals surface area (Å²) in [7, 11) is 0. The molecule has 19 heavy (non-hydrogen) atoms. The second-order valence-corrected chi connectivity index (χ2v) is 5.89. The molecule has 0 saturated carbocycles. The molecule has 0 unspecified atom stereocenters. The highest BCUT2D eigenvalue weighted by Gasteiger charge is 2.18. The van der Waals surface area contributed by atoms with Crippen molar-refractivity contribution < 1.29 is 14.7 Å². The monoisotopic (exact) mass is 285 g/mol. The Kier molecular flexibility index (Phi) is 5.79. The van der Waals surface area contributed by atoms with Gasteiger partial charge in [-0.2, -0.15) is 5.48 Å². The Bertz CT molecular complexity index is 412. The van der Waals surface area contributed by atoms with Crippen LogP contribution in [0.2, 0.25) is 5.02 Å². The Morgan fingerprint density at radius 3 is 2.42 bits per heavy atom. The number of hydroxylamine groups is 1. The van der Waals surface area contributed by atoms with Crippen LogP contribution in [-0.2, 0) is 16.1 Å². The third-order valence-electron chi connectivity index (χ3n) is 2.35. The van der Waals surface area contributed by atoms with Gasteiger partial charge in [0.05, 0.1) is 12.0 Å². The summed E-state index contributed by atoms with van der Waals surface area (Å²) in [5.74, 6) is -0.857. The SMILES string of the molecule is CC(C)(C)ON[C@H](CC(=O)O)Cc1ccc(Cl)cc1. The molecule has 1 aromatic rings. The molecule has 0 aromatic heterocycles. The summed E-state index contributed by atoms with van der Waals surface area (Å²) >= 11 is 5.82. The molecule has 0 heterocycles. The van der Waals surface area contributed by atoms with Gasteiger partial charge >= 0.3 is 5.97 Å². The van der Waals surface area contributed by atoms with E-state index < -0.39 is 5.97 Å². The van der Waals surface area contributed by atoms with E-state index in [4.69, 9.17) is 21.5 Å². The van der Waals surface area contributed by atoms with E-state index in [1.54, 1.807) is 12.1 Å². The van der Waals surface area contributed by atoms with Crippen LogP contribution >= 0.6 is 11.6 Å². The highest BCUT2D eigenvalue weighted by molar-refractivity contribution is 6.30. The number of carboxylic acids is 1. The van der Waals surface area contributed by atoms with Crippen LogP contribution in [0.4, 0.5) is 0 Å². The smallest absolute Gasteiger partial charge is 0.305 e. The van der Waals surface area contributed by atoms with Gasteiger partial charge in [-0.15, -0.1) is 0 Å². The first-order chi connectivity index (χ1) is 8.76. The van der Waals surface area contributed by atoms with E-state index in [-0.39, 0.29) is 18.1 Å². The van der Waals surface area contributed by atoms with Gasteiger partial charge in [0.1, 0.15) is 0 Å². The molecule has 0 bridgehead atoms. The van der Waals surface area contributed by atoms with Crippen LogP contribution < -0.4 is 5.48 Å². The summed E-state index contributed by atoms with van der Waals surface area (Å²) in [5, 5.41) is 9.58. The fourth-order valence-corrected chi connectivity index (χ4v) is 1.66. The maximum atomic E-state index is 10.9. The molecule has 1 rings (SSSR count). The summed E-state index contributed by atoms with van der Waals surface area (Å²) in [6.07, 6.45) is 0.568. The predicted octanol–water partition coefficient (Wildman–Crippen LogP) is 3.05. The van der Waals surface area contributed by atoms with Crippen LogP contribution in [-0.4, -0.2) is 22.7 Å². The fourth-order valence-electron chi connectivity index (χ4n) is 1.53. The lowest BCUT2D eigenvalue weighted by molar-refractivity contribution is -0.141. The van der Waals surface area contributed by atoms with Crippen molar-refractivity contribution in [1.29, 1.82) is 0 Å². The standard InChI is InChI=1S/C14H20ClNO3/c1-14(2,3)19-16-12(9-13(17)18)8-10-4-6-11(15)7-5-10/h4-7,12,16H,8-9H2,1-3H3,(H,17,18)/t12-/m0/s1. The minimum atomic E-state index is -0.857. The maximum absolute atomic E-state index is 10.9. The highest BCUT2D eigenvalue weighted by atomic mass is 35.5. The summed E-state index contributed by atoms with van der Waals surface area (Å²) in [5.41, 5.74) is 3.49. The number of halogens is 1. The van der Waals surface area contributed by atoms with Crippen LogP contribution in [0.5, 0.6) is 0 Å². The van der Waals surface area contributed by atoms with Crippen molar-refractivity contribution in [2.24, 2.45) is 0 Å². The largest absolute Gasteiger partial charge is 0.481 e. The number of aliphatic carboxylic acids is 1. The van der Waals surface area contributed by atoms with Gasteiger partial charge in [-0.25, -0.2) is 0 Å². The summed E-state index contributed by atoms with van der Waals surface area (Å²) in [6, 6.07) is 7.07. The highest BCUT2D eigenvalue weighted by Crippen LogP contribution is 2.13. The number of hydrogen-bond acceptors (Lipinski definition) is 3. The van der Waals surface area contributed by atoms with Gasteiger partial charge in [0.25, 0.3) is 0 Å². The van der Waals surface area contributed by atoms with Gasteiger partial charge in [-0.3, -0.25) is 9.63 Å². The third kappa shape index (κ3) is 7.15. The van der Waals surface area contributed by atoms with Crippen LogP contribution in [0.1, 0.15) is 32.8 Å². The zero-order valence-electron chi connectivity index (χ0n) is 11.4. The van der Waals surface area contributed by atoms with E-state index in [9.17, 15) is 4.79 Å². The Morgan fingerprint density at radius 2 is 1.95 bits per heavy atom. The van der Waals surface area contributed by atoms with Crippen LogP contribution in [0.3, 0.4) is 0 Å². The van der Waals surface area contributed by atoms with Crippen molar-refractivity contribution >= 4 is 17.6 Å². The van der Waals surface area contributed by atoms with Gasteiger partial charge in [0.15, 0.2) is 0 Å². The molecule has 0 amide bonds. The third-order valence-corrected chi connectivity index (χ3v) is 2.60. The number of carboxylic acid groups (broad SMARTS) is 1. The van der Waals surface area contributed by atoms with Crippen LogP contribution in [0.25, 0.3) is 0 Å². The number of rotatable bonds is 6. The molecule has 0 saturated heterocycles. The molecule has 0 aliphatic rings. The van der Waals surface area contributed by atoms with E-state index in [0.717, 1.165) is 5.56 Å². The molecule has 0 spiro atoms. The Labute approximate surface area is 118 Å². The molecule has 0 radical (unpaired) electrons. The Morgan fingerprint density at radius 1 is 1.37 bits per heavy atom. The second-order valence-electron chi connectivity index (χ2n) is 5.46. The first kappa shape index (κ1) is 16.0. The van der Waals surface area contributed by atoms with Crippen LogP contribution in [0, 0.1) is 0 Å². The first-order valence-electron chi connectivity index (χ1n) is 6.16. The van der Waals surface area contributed by atoms with Gasteiger partial charge in [0.2, 0.25) is 0 Å². The van der Waals surface area contributed by atoms with Gasteiger partial charge < -0.3 is 5.11 Å². The molecular formula is C14H20ClNO3. The molecule has 5 heteroatoms. The molecule has 0 aliphatic carbocycles. The van der Waals surface area contributed by atoms with Crippen molar-refractivity contribution in [3.05, 3.63) is 34.9 Å². The molecule has 0 fully saturated rings. The predicted molar refractivity (Wildman–Crippen MR) is 75.2 cm³/mol. The number of hydrogen-bond donors (Lipinski definition) is 2. The van der Waals surface area contributed by atoms with Crippen molar-refractivity contribution in [2.45, 2.75) is 45.3 Å². The van der Waals surface area contributed by atoms with Crippen LogP contribution in [0.15, 0.2) is 24.3 Å². The summed E-state index contributed by atoms with van der Waals surface area (Å²) in [6.45, 7) is 5.71. The zero-order valence-corrected chi connectivity index (χ0v) is 12.2. The molecule has 106 valence electrons. The van der Waals surface area contributed by atoms with Crippen molar-refractivity contribution in [3.63, 3.8) is 0 Å². The molecule has 0 aliphatic heterocycles. The minimum absolute atomic E-state index is 0.00128. The second kappa shape index (κ2) is 6.89. The lowest BCUT2D eigenvalue weighted by Gasteiger charge is -2.24. The van der Waals surface area contributed by atoms with Gasteiger partial charge in [-0.1, -0.05) is 23.7 Å². The van der Waals surface area contributed by atoms with E-state index in [1.165, 1.54) is 0 Å². The molecule has 1 atom stereocenters. The quantitative estimate of drug-likeness (QED) is 0.789. The Hall–Kier alpha value is -1.10. The van der Waals surface area contributed by atoms with Gasteiger partial charge in [-0.05, 0) is 44.9 Å². The van der Waals surface area contributed by atoms with Gasteiger partial charge in [0, 0.05) is 11.1 Å². The summed E-state index contributed by atoms with van der Waals surface area (Å²) in [4.78, 5) is 16.3. The number of carbonyl (C=O) groups is 1. The van der Waals surface area contributed by atoms with Crippen molar-refractivity contribution in [3.8, 4) is 0 Å². The Balaban J connectivity index is 2.63. The first-order valence-corrected chi connectivity index (χ1v) is 6.54. The van der Waals surface area contributed by atoms with Crippen molar-refractivity contribution in [2.75, 3.05) is 0 Å². The number of benzene rings is 1. The summed E-state index contributed by atoms with van der Waals surface area (Å²) < 4.78 is 0. The lowest BCUT2D eigenvalue weighted by Crippen LogP contribution is -2.39. The topological polar surface area (TPSA) is 58.6 Å². The average molecular weight is 286 g/mol. The van der Waals surface area contributed by atoms with E-state index >= 15 is 0 Å².